The van der Waals surface area contributed by atoms with Gasteiger partial charge in [-0.15, -0.1) is 0 Å². The molecule has 0 saturated carbocycles. The summed E-state index contributed by atoms with van der Waals surface area (Å²) in [5.41, 5.74) is 0.530. The molecule has 5 heteroatoms. The van der Waals surface area contributed by atoms with E-state index in [1.165, 1.54) is 0 Å². The van der Waals surface area contributed by atoms with Gasteiger partial charge >= 0.3 is 0 Å². The number of carbonyl (C=O) groups is 1. The van der Waals surface area contributed by atoms with Crippen molar-refractivity contribution in [3.05, 3.63) is 34.9 Å². The minimum Gasteiger partial charge on any atom is -0.382 e. The van der Waals surface area contributed by atoms with E-state index in [-0.39, 0.29) is 11.9 Å². The molecule has 1 aliphatic rings. The highest BCUT2D eigenvalue weighted by Gasteiger charge is 2.28. The maximum atomic E-state index is 12.4. The molecule has 1 unspecified atom stereocenters. The molecule has 0 aromatic heterocycles. The van der Waals surface area contributed by atoms with E-state index in [4.69, 9.17) is 21.1 Å². The van der Waals surface area contributed by atoms with Crippen LogP contribution in [0.5, 0.6) is 0 Å². The Bertz CT molecular complexity index is 422. The fourth-order valence-electron chi connectivity index (χ4n) is 2.04. The van der Waals surface area contributed by atoms with Gasteiger partial charge in [0.15, 0.2) is 0 Å². The van der Waals surface area contributed by atoms with Crippen molar-refractivity contribution in [1.29, 1.82) is 0 Å². The SMILES string of the molecule is COCC1COCCN1C(=O)c1ccccc1Cl. The Kier molecular flexibility index (Phi) is 4.58. The molecule has 1 aliphatic heterocycles. The van der Waals surface area contributed by atoms with Gasteiger partial charge in [0, 0.05) is 13.7 Å². The van der Waals surface area contributed by atoms with Gasteiger partial charge in [0.05, 0.1) is 36.4 Å². The van der Waals surface area contributed by atoms with E-state index in [1.807, 2.05) is 12.1 Å². The van der Waals surface area contributed by atoms with Crippen LogP contribution < -0.4 is 0 Å². The summed E-state index contributed by atoms with van der Waals surface area (Å²) < 4.78 is 10.5. The lowest BCUT2D eigenvalue weighted by molar-refractivity contribution is -0.0251. The van der Waals surface area contributed by atoms with Crippen molar-refractivity contribution < 1.29 is 14.3 Å². The van der Waals surface area contributed by atoms with Crippen LogP contribution in [-0.2, 0) is 9.47 Å². The van der Waals surface area contributed by atoms with Gasteiger partial charge in [0.1, 0.15) is 0 Å². The summed E-state index contributed by atoms with van der Waals surface area (Å²) >= 11 is 6.05. The standard InChI is InChI=1S/C13H16ClNO3/c1-17-8-10-9-18-7-6-15(10)13(16)11-4-2-3-5-12(11)14/h2-5,10H,6-9H2,1H3. The van der Waals surface area contributed by atoms with E-state index in [1.54, 1.807) is 24.1 Å². The second kappa shape index (κ2) is 6.18. The summed E-state index contributed by atoms with van der Waals surface area (Å²) in [6.45, 7) is 2.09. The number of morpholine rings is 1. The summed E-state index contributed by atoms with van der Waals surface area (Å²) in [4.78, 5) is 14.2. The molecule has 4 nitrogen and oxygen atoms in total. The van der Waals surface area contributed by atoms with E-state index >= 15 is 0 Å². The van der Waals surface area contributed by atoms with Crippen molar-refractivity contribution in [1.82, 2.24) is 4.90 Å². The molecular formula is C13H16ClNO3. The first kappa shape index (κ1) is 13.3. The molecule has 1 amide bonds. The van der Waals surface area contributed by atoms with Crippen molar-refractivity contribution in [3.8, 4) is 0 Å². The largest absolute Gasteiger partial charge is 0.382 e. The summed E-state index contributed by atoms with van der Waals surface area (Å²) in [7, 11) is 1.62. The molecule has 0 bridgehead atoms. The number of carbonyl (C=O) groups excluding carboxylic acids is 1. The second-order valence-electron chi connectivity index (χ2n) is 4.16. The number of methoxy groups -OCH3 is 1. The van der Waals surface area contributed by atoms with Gasteiger partial charge in [-0.1, -0.05) is 23.7 Å². The van der Waals surface area contributed by atoms with Crippen LogP contribution in [-0.4, -0.2) is 50.3 Å². The Balaban J connectivity index is 2.18. The zero-order chi connectivity index (χ0) is 13.0. The molecule has 0 radical (unpaired) electrons. The maximum Gasteiger partial charge on any atom is 0.255 e. The molecule has 0 N–H and O–H groups in total. The topological polar surface area (TPSA) is 38.8 Å². The average Bonchev–Trinajstić information content (AvgIpc) is 2.40. The molecule has 1 saturated heterocycles. The minimum absolute atomic E-state index is 0.0486. The molecule has 1 fully saturated rings. The molecule has 1 aromatic carbocycles. The molecule has 1 aromatic rings. The Hall–Kier alpha value is -1.10. The third-order valence-electron chi connectivity index (χ3n) is 2.95. The van der Waals surface area contributed by atoms with Gasteiger partial charge in [-0.2, -0.15) is 0 Å². The van der Waals surface area contributed by atoms with Crippen LogP contribution in [0.2, 0.25) is 5.02 Å². The van der Waals surface area contributed by atoms with Gasteiger partial charge in [-0.25, -0.2) is 0 Å². The smallest absolute Gasteiger partial charge is 0.255 e. The summed E-state index contributed by atoms with van der Waals surface area (Å²) in [6.07, 6.45) is 0. The van der Waals surface area contributed by atoms with Crippen molar-refractivity contribution in [2.45, 2.75) is 6.04 Å². The van der Waals surface area contributed by atoms with Crippen molar-refractivity contribution in [2.75, 3.05) is 33.5 Å². The highest BCUT2D eigenvalue weighted by Crippen LogP contribution is 2.19. The molecule has 1 atom stereocenters. The van der Waals surface area contributed by atoms with Gasteiger partial charge in [-0.3, -0.25) is 4.79 Å². The average molecular weight is 270 g/mol. The third kappa shape index (κ3) is 2.83. The van der Waals surface area contributed by atoms with Gasteiger partial charge in [0.2, 0.25) is 0 Å². The monoisotopic (exact) mass is 269 g/mol. The summed E-state index contributed by atoms with van der Waals surface area (Å²) in [6, 6.07) is 7.04. The van der Waals surface area contributed by atoms with Crippen molar-refractivity contribution in [2.24, 2.45) is 0 Å². The lowest BCUT2D eigenvalue weighted by atomic mass is 10.1. The highest BCUT2D eigenvalue weighted by molar-refractivity contribution is 6.33. The molecule has 1 heterocycles. The van der Waals surface area contributed by atoms with Crippen LogP contribution in [0.15, 0.2) is 24.3 Å². The first-order chi connectivity index (χ1) is 8.74. The fourth-order valence-corrected chi connectivity index (χ4v) is 2.26. The van der Waals surface area contributed by atoms with Crippen molar-refractivity contribution >= 4 is 17.5 Å². The van der Waals surface area contributed by atoms with Crippen LogP contribution in [0.1, 0.15) is 10.4 Å². The summed E-state index contributed by atoms with van der Waals surface area (Å²) in [5, 5.41) is 0.477. The number of nitrogens with zero attached hydrogens (tertiary/aromatic N) is 1. The number of halogens is 1. The van der Waals surface area contributed by atoms with E-state index in [0.717, 1.165) is 0 Å². The third-order valence-corrected chi connectivity index (χ3v) is 3.28. The van der Waals surface area contributed by atoms with E-state index in [9.17, 15) is 4.79 Å². The second-order valence-corrected chi connectivity index (χ2v) is 4.57. The quantitative estimate of drug-likeness (QED) is 0.840. The number of hydrogen-bond acceptors (Lipinski definition) is 3. The Labute approximate surface area is 111 Å². The van der Waals surface area contributed by atoms with Crippen LogP contribution >= 0.6 is 11.6 Å². The number of rotatable bonds is 3. The van der Waals surface area contributed by atoms with Gasteiger partial charge < -0.3 is 14.4 Å². The molecular weight excluding hydrogens is 254 g/mol. The van der Waals surface area contributed by atoms with E-state index in [0.29, 0.717) is 37.0 Å². The van der Waals surface area contributed by atoms with E-state index in [2.05, 4.69) is 0 Å². The van der Waals surface area contributed by atoms with Crippen LogP contribution in [0.25, 0.3) is 0 Å². The lowest BCUT2D eigenvalue weighted by Gasteiger charge is -2.35. The number of amides is 1. The maximum absolute atomic E-state index is 12.4. The molecule has 0 aliphatic carbocycles. The molecule has 2 rings (SSSR count). The molecule has 98 valence electrons. The summed E-state index contributed by atoms with van der Waals surface area (Å²) in [5.74, 6) is -0.0639. The van der Waals surface area contributed by atoms with Crippen LogP contribution in [0, 0.1) is 0 Å². The molecule has 0 spiro atoms. The van der Waals surface area contributed by atoms with Gasteiger partial charge in [0.25, 0.3) is 5.91 Å². The first-order valence-corrected chi connectivity index (χ1v) is 6.24. The van der Waals surface area contributed by atoms with Gasteiger partial charge in [-0.05, 0) is 12.1 Å². The predicted octanol–water partition coefficient (Wildman–Crippen LogP) is 1.83. The number of ether oxygens (including phenoxy) is 2. The predicted molar refractivity (Wildman–Crippen MR) is 69.0 cm³/mol. The minimum atomic E-state index is -0.0639. The van der Waals surface area contributed by atoms with E-state index < -0.39 is 0 Å². The fraction of sp³-hybridized carbons (Fsp3) is 0.462. The molecule has 18 heavy (non-hydrogen) atoms. The van der Waals surface area contributed by atoms with Crippen LogP contribution in [0.3, 0.4) is 0 Å². The number of benzene rings is 1. The lowest BCUT2D eigenvalue weighted by Crippen LogP contribution is -2.50. The Morgan fingerprint density at radius 2 is 2.33 bits per heavy atom. The van der Waals surface area contributed by atoms with Crippen molar-refractivity contribution in [3.63, 3.8) is 0 Å². The zero-order valence-corrected chi connectivity index (χ0v) is 11.0. The number of hydrogen-bond donors (Lipinski definition) is 0. The normalized spacial score (nSPS) is 19.9. The Morgan fingerprint density at radius 1 is 1.56 bits per heavy atom. The first-order valence-electron chi connectivity index (χ1n) is 5.86. The highest BCUT2D eigenvalue weighted by atomic mass is 35.5. The zero-order valence-electron chi connectivity index (χ0n) is 10.3. The van der Waals surface area contributed by atoms with Crippen LogP contribution in [0.4, 0.5) is 0 Å². The Morgan fingerprint density at radius 3 is 3.06 bits per heavy atom.